The molecule has 0 spiro atoms. The summed E-state index contributed by atoms with van der Waals surface area (Å²) in [7, 11) is 0. The Hall–Kier alpha value is -1.56. The molecule has 1 aromatic carbocycles. The van der Waals surface area contributed by atoms with Crippen LogP contribution in [0.2, 0.25) is 0 Å². The molecule has 0 amide bonds. The van der Waals surface area contributed by atoms with Crippen molar-refractivity contribution in [1.82, 2.24) is 0 Å². The molecule has 0 bridgehead atoms. The highest BCUT2D eigenvalue weighted by Crippen LogP contribution is 1.99. The van der Waals surface area contributed by atoms with Crippen LogP contribution in [0.4, 0.5) is 0 Å². The lowest BCUT2D eigenvalue weighted by atomic mass is 10.2. The van der Waals surface area contributed by atoms with Crippen molar-refractivity contribution in [2.75, 3.05) is 0 Å². The van der Waals surface area contributed by atoms with E-state index in [1.54, 1.807) is 6.08 Å². The summed E-state index contributed by atoms with van der Waals surface area (Å²) in [6.07, 6.45) is 5.84. The largest absolute Gasteiger partial charge is 0.0988 e. The number of rotatable bonds is 2. The molecule has 0 nitrogen and oxygen atoms in total. The van der Waals surface area contributed by atoms with Crippen molar-refractivity contribution in [1.29, 1.82) is 0 Å². The van der Waals surface area contributed by atoms with Crippen molar-refractivity contribution < 1.29 is 0 Å². The Morgan fingerprint density at radius 3 is 2.07 bits per heavy atom. The van der Waals surface area contributed by atoms with Gasteiger partial charge in [-0.3, -0.25) is 0 Å². The standard InChI is InChI=1S/C9H10.C5H8/c1-2-6-9-7-4-3-5-8-9;1-4-5(2)3/h2-8H,1H3;4H,1-2H2,3H3/b6-2+;. The molecule has 0 aliphatic carbocycles. The third kappa shape index (κ3) is 7.11. The molecule has 0 atom stereocenters. The van der Waals surface area contributed by atoms with Crippen LogP contribution in [0, 0.1) is 0 Å². The van der Waals surface area contributed by atoms with E-state index in [0.29, 0.717) is 0 Å². The minimum atomic E-state index is 1.02. The molecular weight excluding hydrogens is 168 g/mol. The molecule has 0 unspecified atom stereocenters. The third-order valence-electron chi connectivity index (χ3n) is 1.51. The van der Waals surface area contributed by atoms with Gasteiger partial charge in [-0.25, -0.2) is 0 Å². The Bertz CT molecular complexity index is 291. The lowest BCUT2D eigenvalue weighted by Gasteiger charge is -1.86. The topological polar surface area (TPSA) is 0 Å². The van der Waals surface area contributed by atoms with Gasteiger partial charge in [0.25, 0.3) is 0 Å². The molecule has 0 aromatic heterocycles. The second-order valence-electron chi connectivity index (χ2n) is 2.96. The van der Waals surface area contributed by atoms with Gasteiger partial charge in [0, 0.05) is 0 Å². The van der Waals surface area contributed by atoms with Gasteiger partial charge in [-0.15, -0.1) is 0 Å². The SMILES string of the molecule is C/C=C/c1ccccc1.C=CC(=C)C. The molecule has 0 N–H and O–H groups in total. The monoisotopic (exact) mass is 186 g/mol. The zero-order valence-electron chi connectivity index (χ0n) is 9.03. The van der Waals surface area contributed by atoms with Crippen molar-refractivity contribution >= 4 is 6.08 Å². The maximum atomic E-state index is 3.56. The quantitative estimate of drug-likeness (QED) is 0.598. The van der Waals surface area contributed by atoms with E-state index in [2.05, 4.69) is 31.4 Å². The summed E-state index contributed by atoms with van der Waals surface area (Å²) < 4.78 is 0. The van der Waals surface area contributed by atoms with Gasteiger partial charge < -0.3 is 0 Å². The third-order valence-corrected chi connectivity index (χ3v) is 1.51. The minimum Gasteiger partial charge on any atom is -0.0988 e. The zero-order chi connectivity index (χ0) is 10.8. The van der Waals surface area contributed by atoms with E-state index in [-0.39, 0.29) is 0 Å². The molecule has 1 rings (SSSR count). The summed E-state index contributed by atoms with van der Waals surface area (Å²) in [5.41, 5.74) is 2.28. The van der Waals surface area contributed by atoms with Crippen molar-refractivity contribution in [3.05, 3.63) is 66.8 Å². The average molecular weight is 186 g/mol. The number of benzene rings is 1. The van der Waals surface area contributed by atoms with E-state index in [9.17, 15) is 0 Å². The summed E-state index contributed by atoms with van der Waals surface area (Å²) in [5, 5.41) is 0. The molecule has 0 heterocycles. The Morgan fingerprint density at radius 1 is 1.21 bits per heavy atom. The fourth-order valence-corrected chi connectivity index (χ4v) is 0.757. The fraction of sp³-hybridized carbons (Fsp3) is 0.143. The normalized spacial score (nSPS) is 9.00. The van der Waals surface area contributed by atoms with E-state index in [0.717, 1.165) is 5.57 Å². The molecule has 0 aliphatic rings. The Morgan fingerprint density at radius 2 is 1.71 bits per heavy atom. The van der Waals surface area contributed by atoms with E-state index in [4.69, 9.17) is 0 Å². The summed E-state index contributed by atoms with van der Waals surface area (Å²) in [6.45, 7) is 10.9. The molecule has 1 aromatic rings. The van der Waals surface area contributed by atoms with E-state index in [1.165, 1.54) is 5.56 Å². The molecule has 0 heteroatoms. The molecule has 0 saturated heterocycles. The van der Waals surface area contributed by atoms with E-state index in [1.807, 2.05) is 38.1 Å². The molecule has 0 aliphatic heterocycles. The van der Waals surface area contributed by atoms with Gasteiger partial charge in [-0.05, 0) is 19.4 Å². The predicted octanol–water partition coefficient (Wildman–Crippen LogP) is 4.47. The molecular formula is C14H18. The van der Waals surface area contributed by atoms with Gasteiger partial charge in [-0.1, -0.05) is 67.3 Å². The first kappa shape index (κ1) is 12.4. The highest BCUT2D eigenvalue weighted by Gasteiger charge is 1.77. The van der Waals surface area contributed by atoms with Gasteiger partial charge in [0.15, 0.2) is 0 Å². The van der Waals surface area contributed by atoms with Crippen LogP contribution < -0.4 is 0 Å². The van der Waals surface area contributed by atoms with Gasteiger partial charge in [0.2, 0.25) is 0 Å². The van der Waals surface area contributed by atoms with Crippen LogP contribution >= 0.6 is 0 Å². The zero-order valence-corrected chi connectivity index (χ0v) is 9.03. The summed E-state index contributed by atoms with van der Waals surface area (Å²) in [4.78, 5) is 0. The number of allylic oxidation sites excluding steroid dienone is 3. The van der Waals surface area contributed by atoms with Crippen LogP contribution in [-0.4, -0.2) is 0 Å². The van der Waals surface area contributed by atoms with Crippen LogP contribution in [0.3, 0.4) is 0 Å². The van der Waals surface area contributed by atoms with Crippen LogP contribution in [0.1, 0.15) is 19.4 Å². The smallest absolute Gasteiger partial charge is 0.0260 e. The molecule has 0 saturated carbocycles. The van der Waals surface area contributed by atoms with Crippen molar-refractivity contribution in [3.8, 4) is 0 Å². The lowest BCUT2D eigenvalue weighted by molar-refractivity contribution is 1.58. The van der Waals surface area contributed by atoms with Gasteiger partial charge >= 0.3 is 0 Å². The van der Waals surface area contributed by atoms with E-state index < -0.39 is 0 Å². The molecule has 0 radical (unpaired) electrons. The molecule has 74 valence electrons. The van der Waals surface area contributed by atoms with Gasteiger partial charge in [0.05, 0.1) is 0 Å². The van der Waals surface area contributed by atoms with Crippen molar-refractivity contribution in [2.24, 2.45) is 0 Å². The second-order valence-corrected chi connectivity index (χ2v) is 2.96. The summed E-state index contributed by atoms with van der Waals surface area (Å²) in [6, 6.07) is 10.3. The van der Waals surface area contributed by atoms with Gasteiger partial charge in [0.1, 0.15) is 0 Å². The van der Waals surface area contributed by atoms with Crippen LogP contribution in [0.25, 0.3) is 6.08 Å². The maximum Gasteiger partial charge on any atom is -0.0260 e. The maximum absolute atomic E-state index is 3.56. The lowest BCUT2D eigenvalue weighted by Crippen LogP contribution is -1.65. The fourth-order valence-electron chi connectivity index (χ4n) is 0.757. The minimum absolute atomic E-state index is 1.02. The number of hydrogen-bond acceptors (Lipinski definition) is 0. The van der Waals surface area contributed by atoms with Crippen LogP contribution in [0.15, 0.2) is 61.2 Å². The second kappa shape index (κ2) is 8.06. The molecule has 0 fully saturated rings. The predicted molar refractivity (Wildman–Crippen MR) is 66.2 cm³/mol. The van der Waals surface area contributed by atoms with Crippen molar-refractivity contribution in [3.63, 3.8) is 0 Å². The average Bonchev–Trinajstić information content (AvgIpc) is 2.21. The highest BCUT2D eigenvalue weighted by molar-refractivity contribution is 5.47. The number of hydrogen-bond donors (Lipinski definition) is 0. The van der Waals surface area contributed by atoms with Crippen molar-refractivity contribution in [2.45, 2.75) is 13.8 Å². The first-order valence-electron chi connectivity index (χ1n) is 4.66. The Labute approximate surface area is 87.3 Å². The van der Waals surface area contributed by atoms with Gasteiger partial charge in [-0.2, -0.15) is 0 Å². The first-order chi connectivity index (χ1) is 6.70. The van der Waals surface area contributed by atoms with E-state index >= 15 is 0 Å². The first-order valence-corrected chi connectivity index (χ1v) is 4.66. The molecule has 14 heavy (non-hydrogen) atoms. The Balaban J connectivity index is 0.000000292. The summed E-state index contributed by atoms with van der Waals surface area (Å²) >= 11 is 0. The van der Waals surface area contributed by atoms with Crippen LogP contribution in [0.5, 0.6) is 0 Å². The Kier molecular flexibility index (Phi) is 7.16. The summed E-state index contributed by atoms with van der Waals surface area (Å²) in [5.74, 6) is 0. The van der Waals surface area contributed by atoms with Crippen LogP contribution in [-0.2, 0) is 0 Å². The highest BCUT2D eigenvalue weighted by atomic mass is 13.8.